The van der Waals surface area contributed by atoms with Gasteiger partial charge < -0.3 is 5.32 Å². The van der Waals surface area contributed by atoms with E-state index in [1.54, 1.807) is 6.08 Å². The fourth-order valence-electron chi connectivity index (χ4n) is 0.965. The van der Waals surface area contributed by atoms with Crippen molar-refractivity contribution in [3.63, 3.8) is 0 Å². The number of hydrogen-bond donors (Lipinski definition) is 1. The van der Waals surface area contributed by atoms with Gasteiger partial charge in [-0.15, -0.1) is 18.3 Å². The molecule has 0 fully saturated rings. The Morgan fingerprint density at radius 2 is 2.13 bits per heavy atom. The number of anilines is 1. The zero-order valence-corrected chi connectivity index (χ0v) is 9.02. The molecule has 1 N–H and O–H groups in total. The molecule has 4 heteroatoms. The van der Waals surface area contributed by atoms with E-state index in [9.17, 15) is 9.18 Å². The van der Waals surface area contributed by atoms with Gasteiger partial charge in [0.15, 0.2) is 0 Å². The Labute approximate surface area is 92.6 Å². The first-order chi connectivity index (χ1) is 7.22. The number of carbonyl (C=O) groups excluding carboxylic acids is 1. The van der Waals surface area contributed by atoms with Gasteiger partial charge in [-0.1, -0.05) is 6.08 Å². The van der Waals surface area contributed by atoms with Crippen LogP contribution in [0.5, 0.6) is 0 Å². The molecule has 15 heavy (non-hydrogen) atoms. The number of halogens is 1. The molecular weight excluding hydrogens is 213 g/mol. The van der Waals surface area contributed by atoms with Crippen molar-refractivity contribution in [3.8, 4) is 0 Å². The summed E-state index contributed by atoms with van der Waals surface area (Å²) in [5, 5.41) is 2.67. The third-order valence-electron chi connectivity index (χ3n) is 1.60. The average molecular weight is 225 g/mol. The predicted molar refractivity (Wildman–Crippen MR) is 62.6 cm³/mol. The Morgan fingerprint density at radius 3 is 2.73 bits per heavy atom. The number of nitrogens with one attached hydrogen (secondary N) is 1. The van der Waals surface area contributed by atoms with Gasteiger partial charge >= 0.3 is 0 Å². The summed E-state index contributed by atoms with van der Waals surface area (Å²) in [6, 6.07) is 5.69. The van der Waals surface area contributed by atoms with Crippen LogP contribution in [0.1, 0.15) is 0 Å². The smallest absolute Gasteiger partial charge is 0.234 e. The van der Waals surface area contributed by atoms with Crippen molar-refractivity contribution in [2.45, 2.75) is 0 Å². The van der Waals surface area contributed by atoms with Crippen molar-refractivity contribution < 1.29 is 9.18 Å². The molecule has 0 heterocycles. The molecule has 80 valence electrons. The zero-order valence-electron chi connectivity index (χ0n) is 8.20. The molecule has 0 aliphatic heterocycles. The third-order valence-corrected chi connectivity index (χ3v) is 2.53. The number of rotatable bonds is 5. The zero-order chi connectivity index (χ0) is 11.1. The maximum absolute atomic E-state index is 12.5. The summed E-state index contributed by atoms with van der Waals surface area (Å²) >= 11 is 1.48. The van der Waals surface area contributed by atoms with Crippen molar-refractivity contribution >= 4 is 23.4 Å². The molecule has 1 aromatic carbocycles. The van der Waals surface area contributed by atoms with Gasteiger partial charge in [0.05, 0.1) is 5.75 Å². The van der Waals surface area contributed by atoms with Gasteiger partial charge in [0, 0.05) is 11.4 Å². The number of thioether (sulfide) groups is 1. The first-order valence-electron chi connectivity index (χ1n) is 4.46. The van der Waals surface area contributed by atoms with E-state index in [0.717, 1.165) is 5.75 Å². The van der Waals surface area contributed by atoms with E-state index in [1.165, 1.54) is 36.0 Å². The van der Waals surface area contributed by atoms with E-state index in [0.29, 0.717) is 11.4 Å². The van der Waals surface area contributed by atoms with Crippen molar-refractivity contribution in [2.75, 3.05) is 16.8 Å². The molecule has 0 aliphatic rings. The van der Waals surface area contributed by atoms with Crippen molar-refractivity contribution in [1.82, 2.24) is 0 Å². The predicted octanol–water partition coefficient (Wildman–Crippen LogP) is 2.68. The molecule has 0 aromatic heterocycles. The quantitative estimate of drug-likeness (QED) is 0.616. The maximum atomic E-state index is 12.5. The standard InChI is InChI=1S/C11H12FNOS/c1-2-7-15-8-11(14)13-10-5-3-9(12)4-6-10/h2-6H,1,7-8H2,(H,13,14). The van der Waals surface area contributed by atoms with Gasteiger partial charge in [-0.25, -0.2) is 4.39 Å². The molecule has 0 atom stereocenters. The lowest BCUT2D eigenvalue weighted by Crippen LogP contribution is -2.14. The van der Waals surface area contributed by atoms with E-state index in [1.807, 2.05) is 0 Å². The summed E-state index contributed by atoms with van der Waals surface area (Å²) in [6.45, 7) is 3.56. The first kappa shape index (κ1) is 11.8. The lowest BCUT2D eigenvalue weighted by atomic mass is 10.3. The highest BCUT2D eigenvalue weighted by atomic mass is 32.2. The second kappa shape index (κ2) is 6.24. The Hall–Kier alpha value is -1.29. The van der Waals surface area contributed by atoms with Crippen LogP contribution in [-0.4, -0.2) is 17.4 Å². The highest BCUT2D eigenvalue weighted by Gasteiger charge is 2.01. The van der Waals surface area contributed by atoms with Crippen molar-refractivity contribution in [1.29, 1.82) is 0 Å². The van der Waals surface area contributed by atoms with Crippen LogP contribution in [0.15, 0.2) is 36.9 Å². The van der Waals surface area contributed by atoms with Crippen LogP contribution in [0, 0.1) is 5.82 Å². The summed E-state index contributed by atoms with van der Waals surface area (Å²) in [5.74, 6) is 0.725. The molecule has 1 aromatic rings. The molecule has 0 bridgehead atoms. The Balaban J connectivity index is 2.37. The fourth-order valence-corrected chi connectivity index (χ4v) is 1.51. The fraction of sp³-hybridized carbons (Fsp3) is 0.182. The minimum Gasteiger partial charge on any atom is -0.325 e. The van der Waals surface area contributed by atoms with Gasteiger partial charge in [-0.05, 0) is 24.3 Å². The molecule has 0 saturated carbocycles. The van der Waals surface area contributed by atoms with Crippen LogP contribution < -0.4 is 5.32 Å². The maximum Gasteiger partial charge on any atom is 0.234 e. The lowest BCUT2D eigenvalue weighted by Gasteiger charge is -2.03. The molecule has 0 aliphatic carbocycles. The summed E-state index contributed by atoms with van der Waals surface area (Å²) in [4.78, 5) is 11.3. The monoisotopic (exact) mass is 225 g/mol. The normalized spacial score (nSPS) is 9.67. The van der Waals surface area contributed by atoms with Crippen LogP contribution in [0.3, 0.4) is 0 Å². The lowest BCUT2D eigenvalue weighted by molar-refractivity contribution is -0.113. The molecule has 0 spiro atoms. The van der Waals surface area contributed by atoms with Gasteiger partial charge in [0.2, 0.25) is 5.91 Å². The summed E-state index contributed by atoms with van der Waals surface area (Å²) < 4.78 is 12.5. The molecule has 1 amide bonds. The summed E-state index contributed by atoms with van der Waals surface area (Å²) in [5.41, 5.74) is 0.612. The Bertz CT molecular complexity index is 337. The topological polar surface area (TPSA) is 29.1 Å². The third kappa shape index (κ3) is 4.65. The van der Waals surface area contributed by atoms with Gasteiger partial charge in [0.1, 0.15) is 5.82 Å². The number of carbonyl (C=O) groups is 1. The largest absolute Gasteiger partial charge is 0.325 e. The molecule has 0 radical (unpaired) electrons. The van der Waals surface area contributed by atoms with Crippen LogP contribution in [0.4, 0.5) is 10.1 Å². The van der Waals surface area contributed by atoms with Crippen LogP contribution in [0.2, 0.25) is 0 Å². The Morgan fingerprint density at radius 1 is 1.47 bits per heavy atom. The second-order valence-corrected chi connectivity index (χ2v) is 3.89. The molecular formula is C11H12FNOS. The van der Waals surface area contributed by atoms with E-state index in [4.69, 9.17) is 0 Å². The molecule has 2 nitrogen and oxygen atoms in total. The first-order valence-corrected chi connectivity index (χ1v) is 5.62. The van der Waals surface area contributed by atoms with Crippen LogP contribution >= 0.6 is 11.8 Å². The van der Waals surface area contributed by atoms with Gasteiger partial charge in [-0.3, -0.25) is 4.79 Å². The number of amides is 1. The minimum absolute atomic E-state index is 0.0894. The van der Waals surface area contributed by atoms with Crippen molar-refractivity contribution in [3.05, 3.63) is 42.7 Å². The highest BCUT2D eigenvalue weighted by Crippen LogP contribution is 2.09. The van der Waals surface area contributed by atoms with Crippen LogP contribution in [-0.2, 0) is 4.79 Å². The number of benzene rings is 1. The molecule has 0 unspecified atom stereocenters. The van der Waals surface area contributed by atoms with Crippen LogP contribution in [0.25, 0.3) is 0 Å². The highest BCUT2D eigenvalue weighted by molar-refractivity contribution is 8.00. The van der Waals surface area contributed by atoms with E-state index in [2.05, 4.69) is 11.9 Å². The van der Waals surface area contributed by atoms with E-state index in [-0.39, 0.29) is 11.7 Å². The summed E-state index contributed by atoms with van der Waals surface area (Å²) in [6.07, 6.45) is 1.75. The summed E-state index contributed by atoms with van der Waals surface area (Å²) in [7, 11) is 0. The second-order valence-electron chi connectivity index (χ2n) is 2.86. The van der Waals surface area contributed by atoms with Crippen molar-refractivity contribution in [2.24, 2.45) is 0 Å². The molecule has 0 saturated heterocycles. The van der Waals surface area contributed by atoms with Gasteiger partial charge in [-0.2, -0.15) is 0 Å². The minimum atomic E-state index is -0.311. The SMILES string of the molecule is C=CCSCC(=O)Nc1ccc(F)cc1. The number of hydrogen-bond acceptors (Lipinski definition) is 2. The molecule has 1 rings (SSSR count). The van der Waals surface area contributed by atoms with E-state index < -0.39 is 0 Å². The van der Waals surface area contributed by atoms with E-state index >= 15 is 0 Å². The average Bonchev–Trinajstić information content (AvgIpc) is 2.22. The van der Waals surface area contributed by atoms with Gasteiger partial charge in [0.25, 0.3) is 0 Å². The Kier molecular flexibility index (Phi) is 4.90.